The lowest BCUT2D eigenvalue weighted by atomic mass is 10.0. The van der Waals surface area contributed by atoms with Crippen LogP contribution >= 0.6 is 23.2 Å². The van der Waals surface area contributed by atoms with E-state index in [-0.39, 0.29) is 22.3 Å². The number of aromatic nitrogens is 1. The van der Waals surface area contributed by atoms with Gasteiger partial charge in [-0.25, -0.2) is 4.98 Å². The van der Waals surface area contributed by atoms with Gasteiger partial charge in [-0.1, -0.05) is 37.0 Å². The van der Waals surface area contributed by atoms with Crippen LogP contribution < -0.4 is 5.32 Å². The van der Waals surface area contributed by atoms with Gasteiger partial charge >= 0.3 is 0 Å². The van der Waals surface area contributed by atoms with Gasteiger partial charge in [0.1, 0.15) is 10.3 Å². The second-order valence-corrected chi connectivity index (χ2v) is 5.86. The van der Waals surface area contributed by atoms with Gasteiger partial charge in [-0.05, 0) is 32.1 Å². The first-order chi connectivity index (χ1) is 8.79. The van der Waals surface area contributed by atoms with Gasteiger partial charge in [0.15, 0.2) is 0 Å². The number of rotatable bonds is 5. The molecule has 0 aliphatic heterocycles. The molecular weight excluding hydrogens is 285 g/mol. The number of carbonyl (C=O) groups excluding carboxylic acids is 1. The van der Waals surface area contributed by atoms with E-state index in [1.165, 1.54) is 12.1 Å². The summed E-state index contributed by atoms with van der Waals surface area (Å²) in [6.45, 7) is 4.91. The molecule has 1 unspecified atom stereocenters. The van der Waals surface area contributed by atoms with Crippen molar-refractivity contribution < 1.29 is 4.79 Å². The summed E-state index contributed by atoms with van der Waals surface area (Å²) in [5.41, 5.74) is 0.425. The topological polar surface area (TPSA) is 45.2 Å². The molecule has 6 heteroatoms. The van der Waals surface area contributed by atoms with Crippen molar-refractivity contribution in [1.29, 1.82) is 0 Å². The largest absolute Gasteiger partial charge is 0.348 e. The average Bonchev–Trinajstić information content (AvgIpc) is 2.25. The van der Waals surface area contributed by atoms with Crippen molar-refractivity contribution in [2.75, 3.05) is 20.6 Å². The highest BCUT2D eigenvalue weighted by Gasteiger charge is 2.18. The van der Waals surface area contributed by atoms with E-state index in [1.54, 1.807) is 0 Å². The van der Waals surface area contributed by atoms with Crippen LogP contribution in [0.1, 0.15) is 24.2 Å². The van der Waals surface area contributed by atoms with E-state index in [4.69, 9.17) is 23.2 Å². The maximum Gasteiger partial charge on any atom is 0.251 e. The molecule has 0 radical (unpaired) electrons. The van der Waals surface area contributed by atoms with E-state index >= 15 is 0 Å². The molecule has 1 heterocycles. The highest BCUT2D eigenvalue weighted by molar-refractivity contribution is 6.33. The van der Waals surface area contributed by atoms with Gasteiger partial charge in [0.2, 0.25) is 0 Å². The van der Waals surface area contributed by atoms with E-state index in [1.807, 2.05) is 19.0 Å². The zero-order chi connectivity index (χ0) is 14.6. The Morgan fingerprint density at radius 1 is 1.32 bits per heavy atom. The Morgan fingerprint density at radius 3 is 2.26 bits per heavy atom. The minimum atomic E-state index is -0.188. The summed E-state index contributed by atoms with van der Waals surface area (Å²) in [5, 5.41) is 3.42. The Bertz CT molecular complexity index is 429. The summed E-state index contributed by atoms with van der Waals surface area (Å²) >= 11 is 11.6. The van der Waals surface area contributed by atoms with Gasteiger partial charge in [-0.2, -0.15) is 0 Å². The Balaban J connectivity index is 2.81. The molecule has 1 rings (SSSR count). The van der Waals surface area contributed by atoms with E-state index in [0.29, 0.717) is 11.5 Å². The Labute approximate surface area is 124 Å². The Hall–Kier alpha value is -0.840. The SMILES string of the molecule is CC(C)C(CN(C)C)NC(=O)c1cc(Cl)nc(Cl)c1. The molecule has 4 nitrogen and oxygen atoms in total. The van der Waals surface area contributed by atoms with Gasteiger partial charge in [0.05, 0.1) is 0 Å². The van der Waals surface area contributed by atoms with Crippen molar-refractivity contribution in [1.82, 2.24) is 15.2 Å². The molecular formula is C13H19Cl2N3O. The normalized spacial score (nSPS) is 12.8. The number of nitrogens with zero attached hydrogens (tertiary/aromatic N) is 2. The number of likely N-dealkylation sites (N-methyl/N-ethyl adjacent to an activating group) is 1. The number of amides is 1. The lowest BCUT2D eigenvalue weighted by molar-refractivity contribution is 0.0916. The number of hydrogen-bond acceptors (Lipinski definition) is 3. The molecule has 1 aromatic heterocycles. The summed E-state index contributed by atoms with van der Waals surface area (Å²) in [5.74, 6) is 0.144. The maximum atomic E-state index is 12.2. The highest BCUT2D eigenvalue weighted by atomic mass is 35.5. The predicted octanol–water partition coefficient (Wildman–Crippen LogP) is 2.70. The second-order valence-electron chi connectivity index (χ2n) is 5.09. The molecule has 1 atom stereocenters. The van der Waals surface area contributed by atoms with Crippen LogP contribution in [0.2, 0.25) is 10.3 Å². The van der Waals surface area contributed by atoms with Crippen LogP contribution in [-0.4, -0.2) is 42.5 Å². The third kappa shape index (κ3) is 5.35. The molecule has 0 bridgehead atoms. The number of pyridine rings is 1. The van der Waals surface area contributed by atoms with Crippen molar-refractivity contribution in [3.8, 4) is 0 Å². The van der Waals surface area contributed by atoms with E-state index in [2.05, 4.69) is 24.1 Å². The van der Waals surface area contributed by atoms with Crippen LogP contribution in [0.4, 0.5) is 0 Å². The number of carbonyl (C=O) groups is 1. The van der Waals surface area contributed by atoms with Crippen LogP contribution in [-0.2, 0) is 0 Å². The van der Waals surface area contributed by atoms with Crippen molar-refractivity contribution in [2.45, 2.75) is 19.9 Å². The van der Waals surface area contributed by atoms with E-state index in [9.17, 15) is 4.79 Å². The maximum absolute atomic E-state index is 12.2. The fourth-order valence-electron chi connectivity index (χ4n) is 1.66. The molecule has 0 aromatic carbocycles. The number of halogens is 2. The summed E-state index contributed by atoms with van der Waals surface area (Å²) in [4.78, 5) is 18.0. The molecule has 0 aliphatic carbocycles. The lowest BCUT2D eigenvalue weighted by Crippen LogP contribution is -2.45. The highest BCUT2D eigenvalue weighted by Crippen LogP contribution is 2.15. The van der Waals surface area contributed by atoms with Gasteiger partial charge in [-0.3, -0.25) is 4.79 Å². The van der Waals surface area contributed by atoms with Crippen LogP contribution in [0, 0.1) is 5.92 Å². The van der Waals surface area contributed by atoms with Crippen molar-refractivity contribution in [3.63, 3.8) is 0 Å². The molecule has 0 fully saturated rings. The Morgan fingerprint density at radius 2 is 1.84 bits per heavy atom. The van der Waals surface area contributed by atoms with Crippen molar-refractivity contribution in [2.24, 2.45) is 5.92 Å². The first kappa shape index (κ1) is 16.2. The standard InChI is InChI=1S/C13H19Cl2N3O/c1-8(2)10(7-18(3)4)16-13(19)9-5-11(14)17-12(15)6-9/h5-6,8,10H,7H2,1-4H3,(H,16,19). The summed E-state index contributed by atoms with van der Waals surface area (Å²) in [6.07, 6.45) is 0. The van der Waals surface area contributed by atoms with E-state index in [0.717, 1.165) is 6.54 Å². The summed E-state index contributed by atoms with van der Waals surface area (Å²) in [7, 11) is 3.95. The van der Waals surface area contributed by atoms with Gasteiger partial charge in [0.25, 0.3) is 5.91 Å². The molecule has 1 amide bonds. The molecule has 0 saturated heterocycles. The first-order valence-electron chi connectivity index (χ1n) is 6.08. The van der Waals surface area contributed by atoms with Crippen LogP contribution in [0.5, 0.6) is 0 Å². The first-order valence-corrected chi connectivity index (χ1v) is 6.84. The number of hydrogen-bond donors (Lipinski definition) is 1. The molecule has 0 aliphatic rings. The quantitative estimate of drug-likeness (QED) is 0.851. The Kier molecular flexibility index (Phi) is 6.04. The fraction of sp³-hybridized carbons (Fsp3) is 0.538. The average molecular weight is 304 g/mol. The summed E-state index contributed by atoms with van der Waals surface area (Å²) < 4.78 is 0. The lowest BCUT2D eigenvalue weighted by Gasteiger charge is -2.25. The smallest absolute Gasteiger partial charge is 0.251 e. The van der Waals surface area contributed by atoms with Crippen molar-refractivity contribution >= 4 is 29.1 Å². The predicted molar refractivity (Wildman–Crippen MR) is 78.9 cm³/mol. The molecule has 1 N–H and O–H groups in total. The monoisotopic (exact) mass is 303 g/mol. The zero-order valence-corrected chi connectivity index (χ0v) is 13.1. The second kappa shape index (κ2) is 7.08. The zero-order valence-electron chi connectivity index (χ0n) is 11.6. The van der Waals surface area contributed by atoms with E-state index < -0.39 is 0 Å². The van der Waals surface area contributed by atoms with Crippen LogP contribution in [0.25, 0.3) is 0 Å². The third-order valence-electron chi connectivity index (χ3n) is 2.71. The van der Waals surface area contributed by atoms with Gasteiger partial charge < -0.3 is 10.2 Å². The van der Waals surface area contributed by atoms with Crippen LogP contribution in [0.3, 0.4) is 0 Å². The molecule has 19 heavy (non-hydrogen) atoms. The van der Waals surface area contributed by atoms with Crippen molar-refractivity contribution in [3.05, 3.63) is 28.0 Å². The third-order valence-corrected chi connectivity index (χ3v) is 3.10. The van der Waals surface area contributed by atoms with Gasteiger partial charge in [-0.15, -0.1) is 0 Å². The molecule has 0 spiro atoms. The fourth-order valence-corrected chi connectivity index (χ4v) is 2.12. The number of nitrogens with one attached hydrogen (secondary N) is 1. The molecule has 0 saturated carbocycles. The van der Waals surface area contributed by atoms with Gasteiger partial charge in [0, 0.05) is 18.2 Å². The summed E-state index contributed by atoms with van der Waals surface area (Å²) in [6, 6.07) is 3.08. The molecule has 106 valence electrons. The minimum Gasteiger partial charge on any atom is -0.348 e. The minimum absolute atomic E-state index is 0.0632. The van der Waals surface area contributed by atoms with Crippen LogP contribution in [0.15, 0.2) is 12.1 Å². The molecule has 1 aromatic rings.